The molecule has 1 aromatic carbocycles. The van der Waals surface area contributed by atoms with E-state index in [1.807, 2.05) is 23.9 Å². The van der Waals surface area contributed by atoms with Gasteiger partial charge >= 0.3 is 6.61 Å². The monoisotopic (exact) mass is 301 g/mol. The molecule has 1 saturated carbocycles. The fourth-order valence-electron chi connectivity index (χ4n) is 2.76. The van der Waals surface area contributed by atoms with Crippen LogP contribution in [0.15, 0.2) is 24.3 Å². The molecule has 1 aromatic rings. The molecule has 1 N–H and O–H groups in total. The summed E-state index contributed by atoms with van der Waals surface area (Å²) >= 11 is 1.92. The Balaban J connectivity index is 1.90. The summed E-state index contributed by atoms with van der Waals surface area (Å²) in [5.74, 6) is 0.264. The number of hydrogen-bond acceptors (Lipinski definition) is 3. The Hall–Kier alpha value is -0.810. The lowest BCUT2D eigenvalue weighted by molar-refractivity contribution is -0.0505. The van der Waals surface area contributed by atoms with Crippen molar-refractivity contribution in [3.63, 3.8) is 0 Å². The third-order valence-electron chi connectivity index (χ3n) is 3.90. The number of rotatable bonds is 7. The zero-order valence-electron chi connectivity index (χ0n) is 11.7. The van der Waals surface area contributed by atoms with E-state index in [0.29, 0.717) is 11.3 Å². The minimum atomic E-state index is -2.77. The second-order valence-electron chi connectivity index (χ2n) is 5.18. The normalized spacial score (nSPS) is 17.6. The molecule has 2 nitrogen and oxygen atoms in total. The molecule has 0 unspecified atom stereocenters. The first-order valence-electron chi connectivity index (χ1n) is 6.94. The summed E-state index contributed by atoms with van der Waals surface area (Å²) in [5.41, 5.74) is 0.780. The van der Waals surface area contributed by atoms with Gasteiger partial charge in [0.2, 0.25) is 0 Å². The van der Waals surface area contributed by atoms with Gasteiger partial charge in [-0.25, -0.2) is 0 Å². The molecule has 112 valence electrons. The van der Waals surface area contributed by atoms with Gasteiger partial charge in [0.1, 0.15) is 5.75 Å². The highest BCUT2D eigenvalue weighted by Gasteiger charge is 2.32. The summed E-state index contributed by atoms with van der Waals surface area (Å²) in [5, 5.41) is 3.40. The van der Waals surface area contributed by atoms with Crippen LogP contribution in [-0.4, -0.2) is 24.2 Å². The predicted molar refractivity (Wildman–Crippen MR) is 79.5 cm³/mol. The third-order valence-corrected chi connectivity index (χ3v) is 5.32. The van der Waals surface area contributed by atoms with Crippen LogP contribution in [0.3, 0.4) is 0 Å². The van der Waals surface area contributed by atoms with E-state index in [9.17, 15) is 8.78 Å². The molecule has 0 spiro atoms. The average molecular weight is 301 g/mol. The van der Waals surface area contributed by atoms with E-state index >= 15 is 0 Å². The van der Waals surface area contributed by atoms with Crippen molar-refractivity contribution in [2.24, 2.45) is 0 Å². The van der Waals surface area contributed by atoms with Crippen LogP contribution >= 0.6 is 11.8 Å². The van der Waals surface area contributed by atoms with Gasteiger partial charge in [0, 0.05) is 23.4 Å². The minimum Gasteiger partial charge on any atom is -0.434 e. The maximum Gasteiger partial charge on any atom is 0.387 e. The van der Waals surface area contributed by atoms with Gasteiger partial charge in [0.25, 0.3) is 0 Å². The van der Waals surface area contributed by atoms with E-state index in [1.165, 1.54) is 25.7 Å². The van der Waals surface area contributed by atoms with Gasteiger partial charge in [0.05, 0.1) is 0 Å². The lowest BCUT2D eigenvalue weighted by Crippen LogP contribution is -2.34. The van der Waals surface area contributed by atoms with Crippen LogP contribution in [0.1, 0.15) is 31.2 Å². The zero-order chi connectivity index (χ0) is 14.4. The Morgan fingerprint density at radius 3 is 2.65 bits per heavy atom. The highest BCUT2D eigenvalue weighted by atomic mass is 32.2. The predicted octanol–water partition coefficient (Wildman–Crippen LogP) is 4.05. The van der Waals surface area contributed by atoms with Crippen LogP contribution in [0.5, 0.6) is 5.75 Å². The van der Waals surface area contributed by atoms with Gasteiger partial charge in [-0.05, 0) is 25.2 Å². The van der Waals surface area contributed by atoms with E-state index in [0.717, 1.165) is 12.1 Å². The zero-order valence-corrected chi connectivity index (χ0v) is 12.5. The standard InChI is InChI=1S/C15H21F2NOS/c1-20-15(8-4-5-9-15)11-18-10-12-6-2-3-7-13(12)19-14(16)17/h2-3,6-7,14,18H,4-5,8-11H2,1H3. The number of para-hydroxylation sites is 1. The number of alkyl halides is 2. The molecule has 0 radical (unpaired) electrons. The quantitative estimate of drug-likeness (QED) is 0.821. The van der Waals surface area contributed by atoms with Gasteiger partial charge in [-0.2, -0.15) is 20.5 Å². The number of halogens is 2. The highest BCUT2D eigenvalue weighted by Crippen LogP contribution is 2.39. The molecule has 1 fully saturated rings. The summed E-state index contributed by atoms with van der Waals surface area (Å²) < 4.78 is 29.5. The average Bonchev–Trinajstić information content (AvgIpc) is 2.89. The lowest BCUT2D eigenvalue weighted by atomic mass is 10.1. The first kappa shape index (κ1) is 15.6. The smallest absolute Gasteiger partial charge is 0.387 e. The van der Waals surface area contributed by atoms with Gasteiger partial charge in [-0.15, -0.1) is 0 Å². The fourth-order valence-corrected chi connectivity index (χ4v) is 3.70. The van der Waals surface area contributed by atoms with Crippen LogP contribution in [0.4, 0.5) is 8.78 Å². The van der Waals surface area contributed by atoms with Crippen molar-refractivity contribution in [2.45, 2.75) is 43.6 Å². The molecule has 0 heterocycles. The lowest BCUT2D eigenvalue weighted by Gasteiger charge is -2.27. The Morgan fingerprint density at radius 1 is 1.30 bits per heavy atom. The molecule has 5 heteroatoms. The first-order chi connectivity index (χ1) is 9.65. The van der Waals surface area contributed by atoms with Gasteiger partial charge < -0.3 is 10.1 Å². The Labute approximate surface area is 123 Å². The number of hydrogen-bond donors (Lipinski definition) is 1. The van der Waals surface area contributed by atoms with E-state index in [4.69, 9.17) is 0 Å². The summed E-state index contributed by atoms with van der Waals surface area (Å²) in [6, 6.07) is 6.96. The van der Waals surface area contributed by atoms with Gasteiger partial charge in [0.15, 0.2) is 0 Å². The first-order valence-corrected chi connectivity index (χ1v) is 8.16. The van der Waals surface area contributed by atoms with Crippen LogP contribution < -0.4 is 10.1 Å². The van der Waals surface area contributed by atoms with Crippen molar-refractivity contribution < 1.29 is 13.5 Å². The molecule has 0 bridgehead atoms. The Bertz CT molecular complexity index is 422. The highest BCUT2D eigenvalue weighted by molar-refractivity contribution is 8.00. The molecule has 0 amide bonds. The van der Waals surface area contributed by atoms with E-state index in [2.05, 4.69) is 16.3 Å². The van der Waals surface area contributed by atoms with Crippen LogP contribution in [0, 0.1) is 0 Å². The third kappa shape index (κ3) is 4.09. The maximum absolute atomic E-state index is 12.3. The summed E-state index contributed by atoms with van der Waals surface area (Å²) in [4.78, 5) is 0. The molecule has 20 heavy (non-hydrogen) atoms. The molecular formula is C15H21F2NOS. The van der Waals surface area contributed by atoms with Crippen molar-refractivity contribution in [3.8, 4) is 5.75 Å². The Kier molecular flexibility index (Phi) is 5.66. The second kappa shape index (κ2) is 7.27. The van der Waals surface area contributed by atoms with Crippen LogP contribution in [0.25, 0.3) is 0 Å². The Morgan fingerprint density at radius 2 is 2.00 bits per heavy atom. The topological polar surface area (TPSA) is 21.3 Å². The molecule has 0 aromatic heterocycles. The van der Waals surface area contributed by atoms with E-state index in [1.54, 1.807) is 12.1 Å². The fraction of sp³-hybridized carbons (Fsp3) is 0.600. The molecule has 1 aliphatic carbocycles. The molecule has 0 atom stereocenters. The van der Waals surface area contributed by atoms with E-state index < -0.39 is 6.61 Å². The van der Waals surface area contributed by atoms with Crippen LogP contribution in [0.2, 0.25) is 0 Å². The summed E-state index contributed by atoms with van der Waals surface area (Å²) in [6.45, 7) is -1.30. The summed E-state index contributed by atoms with van der Waals surface area (Å²) in [6.07, 6.45) is 7.19. The molecule has 1 aliphatic rings. The number of benzene rings is 1. The molecular weight excluding hydrogens is 280 g/mol. The van der Waals surface area contributed by atoms with Crippen LogP contribution in [-0.2, 0) is 6.54 Å². The van der Waals surface area contributed by atoms with Crippen molar-refractivity contribution in [2.75, 3.05) is 12.8 Å². The van der Waals surface area contributed by atoms with E-state index in [-0.39, 0.29) is 5.75 Å². The van der Waals surface area contributed by atoms with Gasteiger partial charge in [-0.3, -0.25) is 0 Å². The number of nitrogens with one attached hydrogen (secondary N) is 1. The van der Waals surface area contributed by atoms with Gasteiger partial charge in [-0.1, -0.05) is 31.0 Å². The largest absolute Gasteiger partial charge is 0.434 e. The number of ether oxygens (including phenoxy) is 1. The molecule has 0 saturated heterocycles. The van der Waals surface area contributed by atoms with Crippen molar-refractivity contribution >= 4 is 11.8 Å². The molecule has 0 aliphatic heterocycles. The SMILES string of the molecule is CSC1(CNCc2ccccc2OC(F)F)CCCC1. The van der Waals surface area contributed by atoms with Crippen molar-refractivity contribution in [1.82, 2.24) is 5.32 Å². The van der Waals surface area contributed by atoms with Crippen molar-refractivity contribution in [3.05, 3.63) is 29.8 Å². The second-order valence-corrected chi connectivity index (χ2v) is 6.46. The number of thioether (sulfide) groups is 1. The van der Waals surface area contributed by atoms with Crippen molar-refractivity contribution in [1.29, 1.82) is 0 Å². The summed E-state index contributed by atoms with van der Waals surface area (Å²) in [7, 11) is 0. The minimum absolute atomic E-state index is 0.264. The maximum atomic E-state index is 12.3. The molecule has 2 rings (SSSR count).